The molecule has 5 heteroatoms. The van der Waals surface area contributed by atoms with Crippen molar-refractivity contribution in [2.24, 2.45) is 4.99 Å². The largest absolute Gasteiger partial charge is 0.494 e. The highest BCUT2D eigenvalue weighted by Crippen LogP contribution is 2.33. The number of ether oxygens (including phenoxy) is 1. The molecule has 1 heterocycles. The number of amides is 1. The van der Waals surface area contributed by atoms with Gasteiger partial charge in [-0.15, -0.1) is 0 Å². The summed E-state index contributed by atoms with van der Waals surface area (Å²) in [4.78, 5) is 16.4. The van der Waals surface area contributed by atoms with Crippen molar-refractivity contribution in [3.8, 4) is 5.75 Å². The highest BCUT2D eigenvalue weighted by molar-refractivity contribution is 8.41. The maximum Gasteiger partial charge on any atom is 0.285 e. The summed E-state index contributed by atoms with van der Waals surface area (Å²) in [5.74, 6) is 1.62. The number of benzene rings is 1. The van der Waals surface area contributed by atoms with Crippen molar-refractivity contribution in [1.29, 1.82) is 0 Å². The number of hydrogen-bond donors (Lipinski definition) is 0. The van der Waals surface area contributed by atoms with Crippen LogP contribution in [0.25, 0.3) is 6.08 Å². The molecular weight excluding hydrogens is 278 g/mol. The van der Waals surface area contributed by atoms with Crippen molar-refractivity contribution in [3.63, 3.8) is 0 Å². The van der Waals surface area contributed by atoms with Crippen LogP contribution in [0.15, 0.2) is 34.2 Å². The minimum Gasteiger partial charge on any atom is -0.494 e. The third kappa shape index (κ3) is 3.88. The topological polar surface area (TPSA) is 38.7 Å². The summed E-state index contributed by atoms with van der Waals surface area (Å²) in [6.07, 6.45) is 1.87. The normalized spacial score (nSPS) is 16.8. The Morgan fingerprint density at radius 3 is 2.68 bits per heavy atom. The van der Waals surface area contributed by atoms with Crippen molar-refractivity contribution >= 4 is 39.9 Å². The molecule has 1 aliphatic rings. The first kappa shape index (κ1) is 14.2. The molecule has 3 nitrogen and oxygen atoms in total. The summed E-state index contributed by atoms with van der Waals surface area (Å²) in [6, 6.07) is 7.69. The Balaban J connectivity index is 2.08. The van der Waals surface area contributed by atoms with Gasteiger partial charge in [0.15, 0.2) is 0 Å². The first-order chi connectivity index (χ1) is 9.22. The minimum absolute atomic E-state index is 0.144. The first-order valence-electron chi connectivity index (χ1n) is 6.11. The van der Waals surface area contributed by atoms with Crippen LogP contribution in [-0.4, -0.2) is 22.6 Å². The number of carbonyl (C=O) groups is 1. The molecule has 0 aromatic heterocycles. The number of nitrogens with zero attached hydrogens (tertiary/aromatic N) is 1. The lowest BCUT2D eigenvalue weighted by atomic mass is 10.2. The minimum atomic E-state index is -0.144. The molecule has 0 aliphatic carbocycles. The van der Waals surface area contributed by atoms with Crippen LogP contribution in [-0.2, 0) is 4.79 Å². The second-order valence-corrected chi connectivity index (χ2v) is 6.27. The van der Waals surface area contributed by atoms with Gasteiger partial charge in [-0.3, -0.25) is 4.79 Å². The molecule has 0 saturated heterocycles. The van der Waals surface area contributed by atoms with Crippen LogP contribution in [0.3, 0.4) is 0 Å². The van der Waals surface area contributed by atoms with Gasteiger partial charge in [-0.1, -0.05) is 42.6 Å². The lowest BCUT2D eigenvalue weighted by Crippen LogP contribution is -1.91. The van der Waals surface area contributed by atoms with E-state index in [-0.39, 0.29) is 5.91 Å². The zero-order chi connectivity index (χ0) is 13.7. The molecule has 0 saturated carbocycles. The Labute approximate surface area is 121 Å². The van der Waals surface area contributed by atoms with Crippen molar-refractivity contribution < 1.29 is 9.53 Å². The van der Waals surface area contributed by atoms with Gasteiger partial charge in [-0.25, -0.2) is 0 Å². The summed E-state index contributed by atoms with van der Waals surface area (Å²) >= 11 is 3.04. The monoisotopic (exact) mass is 293 g/mol. The number of hydrogen-bond acceptors (Lipinski definition) is 4. The summed E-state index contributed by atoms with van der Waals surface area (Å²) in [6.45, 7) is 4.65. The van der Waals surface area contributed by atoms with Gasteiger partial charge in [0.1, 0.15) is 10.1 Å². The fourth-order valence-electron chi connectivity index (χ4n) is 1.55. The quantitative estimate of drug-likeness (QED) is 0.791. The fourth-order valence-corrected chi connectivity index (χ4v) is 3.45. The van der Waals surface area contributed by atoms with E-state index in [1.807, 2.05) is 44.2 Å². The van der Waals surface area contributed by atoms with Crippen molar-refractivity contribution in [1.82, 2.24) is 0 Å². The van der Waals surface area contributed by atoms with Gasteiger partial charge in [0, 0.05) is 0 Å². The van der Waals surface area contributed by atoms with Gasteiger partial charge < -0.3 is 4.74 Å². The fraction of sp³-hybridized carbons (Fsp3) is 0.286. The molecule has 0 N–H and O–H groups in total. The van der Waals surface area contributed by atoms with E-state index in [0.29, 0.717) is 11.5 Å². The first-order valence-corrected chi connectivity index (χ1v) is 7.91. The van der Waals surface area contributed by atoms with E-state index < -0.39 is 0 Å². The van der Waals surface area contributed by atoms with E-state index in [1.54, 1.807) is 11.8 Å². The van der Waals surface area contributed by atoms with E-state index in [0.717, 1.165) is 21.4 Å². The third-order valence-corrected chi connectivity index (χ3v) is 4.37. The predicted molar refractivity (Wildman–Crippen MR) is 83.8 cm³/mol. The zero-order valence-electron chi connectivity index (χ0n) is 10.9. The number of aliphatic imine (C=N–C) groups is 1. The number of thioether (sulfide) groups is 2. The zero-order valence-corrected chi connectivity index (χ0v) is 12.5. The smallest absolute Gasteiger partial charge is 0.285 e. The standard InChI is InChI=1S/C14H15NO2S2/c1-3-17-11-7-5-10(6-8-11)9-12-13(16)15-14(19-12)18-4-2/h5-9H,3-4H2,1-2H3. The van der Waals surface area contributed by atoms with E-state index in [4.69, 9.17) is 4.74 Å². The maximum absolute atomic E-state index is 11.7. The Morgan fingerprint density at radius 2 is 2.05 bits per heavy atom. The average molecular weight is 293 g/mol. The third-order valence-electron chi connectivity index (χ3n) is 2.36. The molecule has 100 valence electrons. The van der Waals surface area contributed by atoms with E-state index in [9.17, 15) is 4.79 Å². The van der Waals surface area contributed by atoms with Crippen molar-refractivity contribution in [2.45, 2.75) is 13.8 Å². The molecule has 0 atom stereocenters. The van der Waals surface area contributed by atoms with Crippen LogP contribution < -0.4 is 4.74 Å². The molecule has 0 spiro atoms. The predicted octanol–water partition coefficient (Wildman–Crippen LogP) is 3.81. The van der Waals surface area contributed by atoms with Gasteiger partial charge in [0.25, 0.3) is 5.91 Å². The van der Waals surface area contributed by atoms with Crippen LogP contribution in [0.5, 0.6) is 5.75 Å². The van der Waals surface area contributed by atoms with Crippen LogP contribution in [0.2, 0.25) is 0 Å². The van der Waals surface area contributed by atoms with Crippen molar-refractivity contribution in [2.75, 3.05) is 12.4 Å². The number of carbonyl (C=O) groups excluding carboxylic acids is 1. The molecule has 1 amide bonds. The molecule has 2 rings (SSSR count). The lowest BCUT2D eigenvalue weighted by molar-refractivity contribution is -0.113. The van der Waals surface area contributed by atoms with Gasteiger partial charge in [-0.2, -0.15) is 4.99 Å². The Hall–Kier alpha value is -1.20. The molecule has 0 bridgehead atoms. The molecule has 1 aromatic carbocycles. The van der Waals surface area contributed by atoms with Gasteiger partial charge in [0.2, 0.25) is 0 Å². The summed E-state index contributed by atoms with van der Waals surface area (Å²) < 4.78 is 6.22. The molecular formula is C14H15NO2S2. The molecule has 19 heavy (non-hydrogen) atoms. The van der Waals surface area contributed by atoms with Gasteiger partial charge >= 0.3 is 0 Å². The highest BCUT2D eigenvalue weighted by Gasteiger charge is 2.21. The molecule has 1 aromatic rings. The maximum atomic E-state index is 11.7. The average Bonchev–Trinajstić information content (AvgIpc) is 2.73. The second kappa shape index (κ2) is 6.82. The molecule has 0 unspecified atom stereocenters. The number of rotatable bonds is 4. The summed E-state index contributed by atoms with van der Waals surface area (Å²) in [5, 5.41) is 0. The molecule has 1 aliphatic heterocycles. The molecule has 0 fully saturated rings. The van der Waals surface area contributed by atoms with E-state index in [1.165, 1.54) is 11.8 Å². The SMILES string of the molecule is CCOc1ccc(C=C2SC(SCC)=NC2=O)cc1. The second-order valence-electron chi connectivity index (χ2n) is 3.73. The van der Waals surface area contributed by atoms with Gasteiger partial charge in [-0.05, 0) is 36.4 Å². The Kier molecular flexibility index (Phi) is 5.10. The van der Waals surface area contributed by atoms with E-state index in [2.05, 4.69) is 4.99 Å². The van der Waals surface area contributed by atoms with Crippen LogP contribution in [0, 0.1) is 0 Å². The van der Waals surface area contributed by atoms with Crippen molar-refractivity contribution in [3.05, 3.63) is 34.7 Å². The van der Waals surface area contributed by atoms with Crippen LogP contribution in [0.1, 0.15) is 19.4 Å². The Bertz CT molecular complexity index is 521. The van der Waals surface area contributed by atoms with Crippen LogP contribution >= 0.6 is 23.5 Å². The van der Waals surface area contributed by atoms with Crippen LogP contribution in [0.4, 0.5) is 0 Å². The van der Waals surface area contributed by atoms with E-state index >= 15 is 0 Å². The molecule has 0 radical (unpaired) electrons. The Morgan fingerprint density at radius 1 is 1.32 bits per heavy atom. The highest BCUT2D eigenvalue weighted by atomic mass is 32.2. The lowest BCUT2D eigenvalue weighted by Gasteiger charge is -2.02. The van der Waals surface area contributed by atoms with Gasteiger partial charge in [0.05, 0.1) is 11.5 Å². The summed E-state index contributed by atoms with van der Waals surface area (Å²) in [7, 11) is 0. The summed E-state index contributed by atoms with van der Waals surface area (Å²) in [5.41, 5.74) is 0.984.